The minimum absolute atomic E-state index is 0.0602. The van der Waals surface area contributed by atoms with Crippen molar-refractivity contribution in [2.45, 2.75) is 13.5 Å². The van der Waals surface area contributed by atoms with Crippen molar-refractivity contribution in [3.63, 3.8) is 0 Å². The minimum atomic E-state index is -0.879. The first-order valence-electron chi connectivity index (χ1n) is 5.58. The summed E-state index contributed by atoms with van der Waals surface area (Å²) in [5.74, 6) is 2.41. The van der Waals surface area contributed by atoms with Gasteiger partial charge in [-0.15, -0.1) is 6.42 Å². The van der Waals surface area contributed by atoms with Crippen molar-refractivity contribution in [2.75, 3.05) is 20.2 Å². The molecule has 0 unspecified atom stereocenters. The summed E-state index contributed by atoms with van der Waals surface area (Å²) in [5.41, 5.74) is 2.04. The van der Waals surface area contributed by atoms with Crippen LogP contribution in [0.15, 0.2) is 18.2 Å². The van der Waals surface area contributed by atoms with E-state index in [1.165, 1.54) is 0 Å². The lowest BCUT2D eigenvalue weighted by atomic mass is 10.1. The molecule has 1 rings (SSSR count). The topological polar surface area (TPSA) is 49.8 Å². The molecule has 4 nitrogen and oxygen atoms in total. The molecule has 1 N–H and O–H groups in total. The van der Waals surface area contributed by atoms with Gasteiger partial charge in [-0.2, -0.15) is 0 Å². The number of ether oxygens (including phenoxy) is 1. The molecule has 0 aromatic heterocycles. The van der Waals surface area contributed by atoms with Gasteiger partial charge in [-0.25, -0.2) is 0 Å². The Balaban J connectivity index is 2.77. The van der Waals surface area contributed by atoms with E-state index in [0.29, 0.717) is 13.1 Å². The number of rotatable bonds is 6. The number of hydrogen-bond acceptors (Lipinski definition) is 3. The highest BCUT2D eigenvalue weighted by atomic mass is 16.5. The molecule has 1 aromatic rings. The summed E-state index contributed by atoms with van der Waals surface area (Å²) in [4.78, 5) is 12.4. The average Bonchev–Trinajstić information content (AvgIpc) is 2.28. The number of nitrogens with zero attached hydrogens (tertiary/aromatic N) is 1. The molecule has 4 heteroatoms. The zero-order valence-electron chi connectivity index (χ0n) is 10.6. The Morgan fingerprint density at radius 1 is 1.56 bits per heavy atom. The van der Waals surface area contributed by atoms with Gasteiger partial charge in [-0.1, -0.05) is 18.1 Å². The first-order valence-corrected chi connectivity index (χ1v) is 5.58. The van der Waals surface area contributed by atoms with Gasteiger partial charge < -0.3 is 9.84 Å². The Bertz CT molecular complexity index is 463. The van der Waals surface area contributed by atoms with Gasteiger partial charge in [0.05, 0.1) is 20.2 Å². The molecule has 0 aliphatic carbocycles. The largest absolute Gasteiger partial charge is 0.496 e. The summed E-state index contributed by atoms with van der Waals surface area (Å²) in [7, 11) is 1.62. The quantitative estimate of drug-likeness (QED) is 0.774. The highest BCUT2D eigenvalue weighted by Crippen LogP contribution is 2.19. The van der Waals surface area contributed by atoms with Gasteiger partial charge in [0, 0.05) is 6.54 Å². The van der Waals surface area contributed by atoms with E-state index < -0.39 is 5.97 Å². The molecule has 0 bridgehead atoms. The number of carboxylic acids is 1. The van der Waals surface area contributed by atoms with Crippen molar-refractivity contribution >= 4 is 5.97 Å². The summed E-state index contributed by atoms with van der Waals surface area (Å²) in [5, 5.41) is 8.80. The van der Waals surface area contributed by atoms with Crippen molar-refractivity contribution < 1.29 is 14.6 Å². The second kappa shape index (κ2) is 6.67. The SMILES string of the molecule is C#CCN(CC(=O)O)Cc1ccc(OC)c(C)c1. The van der Waals surface area contributed by atoms with Crippen LogP contribution in [0, 0.1) is 19.3 Å². The van der Waals surface area contributed by atoms with Crippen LogP contribution in [0.4, 0.5) is 0 Å². The van der Waals surface area contributed by atoms with E-state index in [-0.39, 0.29) is 6.54 Å². The Morgan fingerprint density at radius 3 is 2.78 bits per heavy atom. The number of hydrogen-bond donors (Lipinski definition) is 1. The lowest BCUT2D eigenvalue weighted by molar-refractivity contribution is -0.138. The first-order chi connectivity index (χ1) is 8.56. The van der Waals surface area contributed by atoms with Gasteiger partial charge in [-0.05, 0) is 24.1 Å². The van der Waals surface area contributed by atoms with Crippen LogP contribution in [0.3, 0.4) is 0 Å². The predicted molar refractivity (Wildman–Crippen MR) is 69.5 cm³/mol. The van der Waals surface area contributed by atoms with Crippen LogP contribution < -0.4 is 4.74 Å². The number of aliphatic carboxylic acids is 1. The number of carbonyl (C=O) groups is 1. The molecule has 0 fully saturated rings. The fraction of sp³-hybridized carbons (Fsp3) is 0.357. The molecule has 0 aliphatic heterocycles. The maximum absolute atomic E-state index is 10.7. The summed E-state index contributed by atoms with van der Waals surface area (Å²) < 4.78 is 5.18. The van der Waals surface area contributed by atoms with E-state index in [9.17, 15) is 4.79 Å². The fourth-order valence-corrected chi connectivity index (χ4v) is 1.79. The third kappa shape index (κ3) is 4.11. The molecule has 96 valence electrons. The molecule has 0 radical (unpaired) electrons. The summed E-state index contributed by atoms with van der Waals surface area (Å²) in [6.45, 7) is 2.72. The normalized spacial score (nSPS) is 10.1. The zero-order chi connectivity index (χ0) is 13.5. The van der Waals surface area contributed by atoms with Crippen molar-refractivity contribution in [3.05, 3.63) is 29.3 Å². The summed E-state index contributed by atoms with van der Waals surface area (Å²) in [6, 6.07) is 5.76. The van der Waals surface area contributed by atoms with Crippen LogP contribution in [0.5, 0.6) is 5.75 Å². The summed E-state index contributed by atoms with van der Waals surface area (Å²) in [6.07, 6.45) is 5.23. The lowest BCUT2D eigenvalue weighted by Crippen LogP contribution is -2.29. The van der Waals surface area contributed by atoms with Gasteiger partial charge in [-0.3, -0.25) is 9.69 Å². The molecule has 18 heavy (non-hydrogen) atoms. The number of methoxy groups -OCH3 is 1. The molecule has 0 saturated carbocycles. The number of carboxylic acid groups (broad SMARTS) is 1. The number of aryl methyl sites for hydroxylation is 1. The van der Waals surface area contributed by atoms with E-state index in [1.54, 1.807) is 12.0 Å². The van der Waals surface area contributed by atoms with Crippen LogP contribution in [0.2, 0.25) is 0 Å². The zero-order valence-corrected chi connectivity index (χ0v) is 10.6. The smallest absolute Gasteiger partial charge is 0.317 e. The van der Waals surface area contributed by atoms with Crippen molar-refractivity contribution in [1.29, 1.82) is 0 Å². The standard InChI is InChI=1S/C14H17NO3/c1-4-7-15(10-14(16)17)9-12-5-6-13(18-3)11(2)8-12/h1,5-6,8H,7,9-10H2,2-3H3,(H,16,17). The Hall–Kier alpha value is -1.99. The number of terminal acetylenes is 1. The van der Waals surface area contributed by atoms with Crippen LogP contribution in [0.1, 0.15) is 11.1 Å². The molecule has 0 aliphatic rings. The van der Waals surface area contributed by atoms with E-state index >= 15 is 0 Å². The van der Waals surface area contributed by atoms with Crippen molar-refractivity contribution in [3.8, 4) is 18.1 Å². The van der Waals surface area contributed by atoms with Crippen LogP contribution in [-0.2, 0) is 11.3 Å². The molecule has 0 heterocycles. The van der Waals surface area contributed by atoms with Gasteiger partial charge in [0.1, 0.15) is 5.75 Å². The molecular weight excluding hydrogens is 230 g/mol. The van der Waals surface area contributed by atoms with Crippen molar-refractivity contribution in [2.24, 2.45) is 0 Å². The van der Waals surface area contributed by atoms with Gasteiger partial charge >= 0.3 is 5.97 Å². The fourth-order valence-electron chi connectivity index (χ4n) is 1.79. The third-order valence-corrected chi connectivity index (χ3v) is 2.54. The van der Waals surface area contributed by atoms with E-state index in [0.717, 1.165) is 16.9 Å². The van der Waals surface area contributed by atoms with E-state index in [2.05, 4.69) is 5.92 Å². The molecule has 0 spiro atoms. The maximum Gasteiger partial charge on any atom is 0.317 e. The van der Waals surface area contributed by atoms with Crippen LogP contribution in [-0.4, -0.2) is 36.2 Å². The van der Waals surface area contributed by atoms with Crippen LogP contribution in [0.25, 0.3) is 0 Å². The van der Waals surface area contributed by atoms with E-state index in [4.69, 9.17) is 16.3 Å². The first kappa shape index (κ1) is 14.1. The molecular formula is C14H17NO3. The maximum atomic E-state index is 10.7. The molecule has 0 saturated heterocycles. The minimum Gasteiger partial charge on any atom is -0.496 e. The van der Waals surface area contributed by atoms with Crippen LogP contribution >= 0.6 is 0 Å². The highest BCUT2D eigenvalue weighted by Gasteiger charge is 2.10. The van der Waals surface area contributed by atoms with E-state index in [1.807, 2.05) is 25.1 Å². The average molecular weight is 247 g/mol. The second-order valence-electron chi connectivity index (χ2n) is 4.05. The molecule has 0 amide bonds. The third-order valence-electron chi connectivity index (χ3n) is 2.54. The highest BCUT2D eigenvalue weighted by molar-refractivity contribution is 5.69. The van der Waals surface area contributed by atoms with Crippen molar-refractivity contribution in [1.82, 2.24) is 4.90 Å². The predicted octanol–water partition coefficient (Wildman–Crippen LogP) is 1.52. The lowest BCUT2D eigenvalue weighted by Gasteiger charge is -2.18. The number of benzene rings is 1. The molecule has 0 atom stereocenters. The monoisotopic (exact) mass is 247 g/mol. The van der Waals surface area contributed by atoms with Gasteiger partial charge in [0.15, 0.2) is 0 Å². The Labute approximate surface area is 107 Å². The Kier molecular flexibility index (Phi) is 5.22. The molecule has 1 aromatic carbocycles. The second-order valence-corrected chi connectivity index (χ2v) is 4.05. The summed E-state index contributed by atoms with van der Waals surface area (Å²) >= 11 is 0. The van der Waals surface area contributed by atoms with Gasteiger partial charge in [0.2, 0.25) is 0 Å². The Morgan fingerprint density at radius 2 is 2.28 bits per heavy atom. The van der Waals surface area contributed by atoms with Gasteiger partial charge in [0.25, 0.3) is 0 Å².